The minimum absolute atomic E-state index is 0.0427. The Morgan fingerprint density at radius 1 is 1.38 bits per heavy atom. The lowest BCUT2D eigenvalue weighted by molar-refractivity contribution is 0.285. The molecule has 1 unspecified atom stereocenters. The van der Waals surface area contributed by atoms with Gasteiger partial charge in [0.1, 0.15) is 12.0 Å². The molecule has 0 radical (unpaired) electrons. The van der Waals surface area contributed by atoms with Gasteiger partial charge in [0.15, 0.2) is 0 Å². The van der Waals surface area contributed by atoms with Crippen LogP contribution < -0.4 is 5.32 Å². The molecule has 1 N–H and O–H groups in total. The summed E-state index contributed by atoms with van der Waals surface area (Å²) in [4.78, 5) is 0. The standard InChI is InChI=1S/C12H16ClF2N/c1-12(2,3)16-7-11(15)9-5-4-8(13)6-10(9)14/h4-6,11,16H,7H2,1-3H3. The molecule has 0 aliphatic rings. The Morgan fingerprint density at radius 3 is 2.50 bits per heavy atom. The van der Waals surface area contributed by atoms with Crippen LogP contribution in [0.4, 0.5) is 8.78 Å². The minimum Gasteiger partial charge on any atom is -0.309 e. The van der Waals surface area contributed by atoms with Crippen LogP contribution in [0.2, 0.25) is 5.02 Å². The fraction of sp³-hybridized carbons (Fsp3) is 0.500. The Labute approximate surface area is 99.8 Å². The third-order valence-electron chi connectivity index (χ3n) is 2.11. The summed E-state index contributed by atoms with van der Waals surface area (Å²) in [5.41, 5.74) is -0.145. The summed E-state index contributed by atoms with van der Waals surface area (Å²) < 4.78 is 27.1. The molecule has 1 nitrogen and oxygen atoms in total. The molecular weight excluding hydrogens is 232 g/mol. The average molecular weight is 248 g/mol. The molecule has 0 aromatic heterocycles. The summed E-state index contributed by atoms with van der Waals surface area (Å²) in [6.07, 6.45) is -1.36. The second-order valence-electron chi connectivity index (χ2n) is 4.76. The van der Waals surface area contributed by atoms with Crippen molar-refractivity contribution in [2.24, 2.45) is 0 Å². The van der Waals surface area contributed by atoms with Gasteiger partial charge in [0, 0.05) is 22.7 Å². The lowest BCUT2D eigenvalue weighted by atomic mass is 10.1. The first-order valence-corrected chi connectivity index (χ1v) is 5.51. The van der Waals surface area contributed by atoms with Gasteiger partial charge in [-0.05, 0) is 32.9 Å². The van der Waals surface area contributed by atoms with E-state index in [1.54, 1.807) is 0 Å². The van der Waals surface area contributed by atoms with Crippen LogP contribution in [0.25, 0.3) is 0 Å². The van der Waals surface area contributed by atoms with E-state index < -0.39 is 12.0 Å². The van der Waals surface area contributed by atoms with Crippen LogP contribution in [-0.4, -0.2) is 12.1 Å². The monoisotopic (exact) mass is 247 g/mol. The van der Waals surface area contributed by atoms with Crippen LogP contribution in [0.1, 0.15) is 32.5 Å². The number of nitrogens with one attached hydrogen (secondary N) is 1. The van der Waals surface area contributed by atoms with E-state index in [0.717, 1.165) is 6.07 Å². The SMILES string of the molecule is CC(C)(C)NCC(F)c1ccc(Cl)cc1F. The molecule has 1 rings (SSSR count). The summed E-state index contributed by atoms with van der Waals surface area (Å²) in [5, 5.41) is 3.26. The quantitative estimate of drug-likeness (QED) is 0.855. The highest BCUT2D eigenvalue weighted by atomic mass is 35.5. The number of halogens is 3. The summed E-state index contributed by atoms with van der Waals surface area (Å²) in [6.45, 7) is 5.87. The number of hydrogen-bond donors (Lipinski definition) is 1. The molecule has 0 aliphatic carbocycles. The van der Waals surface area contributed by atoms with Gasteiger partial charge < -0.3 is 5.32 Å². The molecule has 16 heavy (non-hydrogen) atoms. The molecule has 0 saturated carbocycles. The van der Waals surface area contributed by atoms with Crippen LogP contribution in [-0.2, 0) is 0 Å². The Balaban J connectivity index is 2.70. The van der Waals surface area contributed by atoms with Gasteiger partial charge in [-0.3, -0.25) is 0 Å². The summed E-state index contributed by atoms with van der Waals surface area (Å²) >= 11 is 5.59. The Bertz CT molecular complexity index is 361. The predicted molar refractivity (Wildman–Crippen MR) is 63.0 cm³/mol. The molecule has 4 heteroatoms. The number of rotatable bonds is 3. The van der Waals surface area contributed by atoms with Crippen LogP contribution in [0, 0.1) is 5.82 Å². The zero-order valence-corrected chi connectivity index (χ0v) is 10.4. The van der Waals surface area contributed by atoms with Crippen LogP contribution >= 0.6 is 11.6 Å². The number of benzene rings is 1. The highest BCUT2D eigenvalue weighted by Crippen LogP contribution is 2.23. The maximum Gasteiger partial charge on any atom is 0.140 e. The van der Waals surface area contributed by atoms with E-state index in [1.165, 1.54) is 12.1 Å². The molecule has 0 bridgehead atoms. The number of hydrogen-bond acceptors (Lipinski definition) is 1. The second kappa shape index (κ2) is 5.11. The molecular formula is C12H16ClF2N. The van der Waals surface area contributed by atoms with Gasteiger partial charge in [0.05, 0.1) is 0 Å². The van der Waals surface area contributed by atoms with Crippen molar-refractivity contribution < 1.29 is 8.78 Å². The van der Waals surface area contributed by atoms with E-state index in [9.17, 15) is 8.78 Å². The van der Waals surface area contributed by atoms with Gasteiger partial charge in [-0.1, -0.05) is 17.7 Å². The van der Waals surface area contributed by atoms with E-state index in [2.05, 4.69) is 5.32 Å². The van der Waals surface area contributed by atoms with Crippen molar-refractivity contribution in [3.63, 3.8) is 0 Å². The van der Waals surface area contributed by atoms with Crippen molar-refractivity contribution in [1.82, 2.24) is 5.32 Å². The zero-order valence-electron chi connectivity index (χ0n) is 9.65. The van der Waals surface area contributed by atoms with Crippen molar-refractivity contribution in [1.29, 1.82) is 0 Å². The molecule has 1 aromatic rings. The molecule has 90 valence electrons. The van der Waals surface area contributed by atoms with E-state index in [0.29, 0.717) is 0 Å². The molecule has 0 spiro atoms. The largest absolute Gasteiger partial charge is 0.309 e. The van der Waals surface area contributed by atoms with E-state index in [1.807, 2.05) is 20.8 Å². The Hall–Kier alpha value is -0.670. The van der Waals surface area contributed by atoms with Gasteiger partial charge in [-0.15, -0.1) is 0 Å². The fourth-order valence-corrected chi connectivity index (χ4v) is 1.42. The second-order valence-corrected chi connectivity index (χ2v) is 5.20. The van der Waals surface area contributed by atoms with Crippen LogP contribution in [0.15, 0.2) is 18.2 Å². The van der Waals surface area contributed by atoms with Gasteiger partial charge >= 0.3 is 0 Å². The molecule has 0 saturated heterocycles. The van der Waals surface area contributed by atoms with Crippen molar-refractivity contribution in [2.45, 2.75) is 32.5 Å². The first-order valence-electron chi connectivity index (χ1n) is 5.13. The minimum atomic E-state index is -1.36. The molecule has 0 heterocycles. The zero-order chi connectivity index (χ0) is 12.3. The average Bonchev–Trinajstić information content (AvgIpc) is 2.13. The third kappa shape index (κ3) is 4.06. The first kappa shape index (κ1) is 13.4. The van der Waals surface area contributed by atoms with E-state index in [-0.39, 0.29) is 22.7 Å². The van der Waals surface area contributed by atoms with Gasteiger partial charge in [0.2, 0.25) is 0 Å². The highest BCUT2D eigenvalue weighted by molar-refractivity contribution is 6.30. The Kier molecular flexibility index (Phi) is 4.28. The lowest BCUT2D eigenvalue weighted by Gasteiger charge is -2.22. The van der Waals surface area contributed by atoms with Crippen LogP contribution in [0.5, 0.6) is 0 Å². The molecule has 1 atom stereocenters. The third-order valence-corrected chi connectivity index (χ3v) is 2.35. The van der Waals surface area contributed by atoms with Crippen LogP contribution in [0.3, 0.4) is 0 Å². The summed E-state index contributed by atoms with van der Waals surface area (Å²) in [6, 6.07) is 4.00. The Morgan fingerprint density at radius 2 is 2.00 bits per heavy atom. The van der Waals surface area contributed by atoms with Gasteiger partial charge in [-0.25, -0.2) is 8.78 Å². The maximum atomic E-state index is 13.7. The first-order chi connectivity index (χ1) is 7.29. The van der Waals surface area contributed by atoms with Crippen molar-refractivity contribution in [2.75, 3.05) is 6.54 Å². The van der Waals surface area contributed by atoms with Gasteiger partial charge in [-0.2, -0.15) is 0 Å². The van der Waals surface area contributed by atoms with Gasteiger partial charge in [0.25, 0.3) is 0 Å². The maximum absolute atomic E-state index is 13.7. The highest BCUT2D eigenvalue weighted by Gasteiger charge is 2.18. The molecule has 0 fully saturated rings. The van der Waals surface area contributed by atoms with E-state index in [4.69, 9.17) is 11.6 Å². The van der Waals surface area contributed by atoms with E-state index >= 15 is 0 Å². The summed E-state index contributed by atoms with van der Waals surface area (Å²) in [7, 11) is 0. The molecule has 0 amide bonds. The van der Waals surface area contributed by atoms with Crippen molar-refractivity contribution in [3.05, 3.63) is 34.6 Å². The molecule has 0 aliphatic heterocycles. The molecule has 1 aromatic carbocycles. The smallest absolute Gasteiger partial charge is 0.140 e. The predicted octanol–water partition coefficient (Wildman–Crippen LogP) is 3.88. The number of alkyl halides is 1. The van der Waals surface area contributed by atoms with Crippen molar-refractivity contribution >= 4 is 11.6 Å². The fourth-order valence-electron chi connectivity index (χ4n) is 1.26. The summed E-state index contributed by atoms with van der Waals surface area (Å²) in [5.74, 6) is -0.601. The lowest BCUT2D eigenvalue weighted by Crippen LogP contribution is -2.38. The normalized spacial score (nSPS) is 13.9. The topological polar surface area (TPSA) is 12.0 Å². The van der Waals surface area contributed by atoms with Crippen molar-refractivity contribution in [3.8, 4) is 0 Å².